The number of nitrogens with one attached hydrogen (secondary N) is 1. The Morgan fingerprint density at radius 3 is 2.40 bits per heavy atom. The molecule has 1 aliphatic rings. The SMILES string of the molecule is CC[C@@H](C)c1ccc(NC(=O)COC(=O)c2cc3c(cc2[N+](=O)[O-])OCCO3)cc1. The molecule has 1 heterocycles. The Balaban J connectivity index is 1.63. The van der Waals surface area contributed by atoms with E-state index in [0.29, 0.717) is 11.6 Å². The van der Waals surface area contributed by atoms with Gasteiger partial charge in [0, 0.05) is 11.8 Å². The largest absolute Gasteiger partial charge is 0.486 e. The van der Waals surface area contributed by atoms with E-state index >= 15 is 0 Å². The molecule has 2 aromatic rings. The highest BCUT2D eigenvalue weighted by atomic mass is 16.6. The Hall–Kier alpha value is -3.62. The predicted octanol–water partition coefficient (Wildman–Crippen LogP) is 3.68. The number of nitrogens with zero attached hydrogens (tertiary/aromatic N) is 1. The van der Waals surface area contributed by atoms with E-state index in [1.807, 2.05) is 12.1 Å². The molecule has 0 saturated carbocycles. The van der Waals surface area contributed by atoms with Crippen molar-refractivity contribution in [3.8, 4) is 11.5 Å². The first-order chi connectivity index (χ1) is 14.4. The van der Waals surface area contributed by atoms with Gasteiger partial charge in [0.15, 0.2) is 18.1 Å². The Bertz CT molecular complexity index is 957. The zero-order valence-corrected chi connectivity index (χ0v) is 16.7. The molecule has 0 unspecified atom stereocenters. The highest BCUT2D eigenvalue weighted by molar-refractivity contribution is 5.98. The number of carbonyl (C=O) groups is 2. The number of ether oxygens (including phenoxy) is 3. The van der Waals surface area contributed by atoms with E-state index in [1.54, 1.807) is 12.1 Å². The van der Waals surface area contributed by atoms with Gasteiger partial charge in [0.05, 0.1) is 11.0 Å². The van der Waals surface area contributed by atoms with Gasteiger partial charge in [-0.05, 0) is 30.0 Å². The van der Waals surface area contributed by atoms with Crippen molar-refractivity contribution in [1.82, 2.24) is 0 Å². The van der Waals surface area contributed by atoms with Crippen LogP contribution in [0.5, 0.6) is 11.5 Å². The summed E-state index contributed by atoms with van der Waals surface area (Å²) >= 11 is 0. The molecule has 0 radical (unpaired) electrons. The molecule has 1 atom stereocenters. The number of carbonyl (C=O) groups excluding carboxylic acids is 2. The summed E-state index contributed by atoms with van der Waals surface area (Å²) in [5, 5.41) is 13.9. The third kappa shape index (κ3) is 4.86. The molecular weight excluding hydrogens is 392 g/mol. The normalized spacial score (nSPS) is 13.3. The van der Waals surface area contributed by atoms with Crippen LogP contribution in [-0.4, -0.2) is 36.6 Å². The summed E-state index contributed by atoms with van der Waals surface area (Å²) in [5.74, 6) is -0.744. The lowest BCUT2D eigenvalue weighted by molar-refractivity contribution is -0.385. The number of anilines is 1. The molecule has 2 aromatic carbocycles. The molecule has 0 saturated heterocycles. The second kappa shape index (κ2) is 9.25. The van der Waals surface area contributed by atoms with Crippen molar-refractivity contribution in [3.05, 3.63) is 57.6 Å². The number of hydrogen-bond acceptors (Lipinski definition) is 7. The summed E-state index contributed by atoms with van der Waals surface area (Å²) in [6, 6.07) is 9.70. The minimum Gasteiger partial charge on any atom is -0.486 e. The minimum atomic E-state index is -0.999. The standard InChI is InChI=1S/C21H22N2O7/c1-3-13(2)14-4-6-15(7-5-14)22-20(24)12-30-21(25)16-10-18-19(29-9-8-28-18)11-17(16)23(26)27/h4-7,10-11,13H,3,8-9,12H2,1-2H3,(H,22,24)/t13-/m1/s1. The van der Waals surface area contributed by atoms with Gasteiger partial charge in [-0.2, -0.15) is 0 Å². The van der Waals surface area contributed by atoms with E-state index in [1.165, 1.54) is 6.07 Å². The molecule has 1 amide bonds. The maximum Gasteiger partial charge on any atom is 0.345 e. The van der Waals surface area contributed by atoms with Crippen LogP contribution in [0.15, 0.2) is 36.4 Å². The average molecular weight is 414 g/mol. The summed E-state index contributed by atoms with van der Waals surface area (Å²) in [4.78, 5) is 35.1. The van der Waals surface area contributed by atoms with Gasteiger partial charge in [0.1, 0.15) is 18.8 Å². The lowest BCUT2D eigenvalue weighted by atomic mass is 9.99. The van der Waals surface area contributed by atoms with Gasteiger partial charge in [-0.3, -0.25) is 14.9 Å². The fourth-order valence-electron chi connectivity index (χ4n) is 2.93. The van der Waals surface area contributed by atoms with Crippen LogP contribution in [0.25, 0.3) is 0 Å². The number of nitro groups is 1. The Labute approximate surface area is 173 Å². The Kier molecular flexibility index (Phi) is 6.51. The van der Waals surface area contributed by atoms with Crippen LogP contribution < -0.4 is 14.8 Å². The Morgan fingerprint density at radius 2 is 1.80 bits per heavy atom. The lowest BCUT2D eigenvalue weighted by Crippen LogP contribution is -2.22. The van der Waals surface area contributed by atoms with Gasteiger partial charge in [-0.1, -0.05) is 26.0 Å². The average Bonchev–Trinajstić information content (AvgIpc) is 2.76. The summed E-state index contributed by atoms with van der Waals surface area (Å²) in [6.07, 6.45) is 1.01. The maximum atomic E-state index is 12.4. The first-order valence-electron chi connectivity index (χ1n) is 9.54. The van der Waals surface area contributed by atoms with Crippen LogP contribution in [0.4, 0.5) is 11.4 Å². The van der Waals surface area contributed by atoms with E-state index in [9.17, 15) is 19.7 Å². The van der Waals surface area contributed by atoms with E-state index in [-0.39, 0.29) is 30.3 Å². The second-order valence-corrected chi connectivity index (χ2v) is 6.83. The first-order valence-corrected chi connectivity index (χ1v) is 9.54. The van der Waals surface area contributed by atoms with E-state index in [0.717, 1.165) is 18.1 Å². The zero-order chi connectivity index (χ0) is 21.7. The monoisotopic (exact) mass is 414 g/mol. The van der Waals surface area contributed by atoms with Crippen LogP contribution in [0.1, 0.15) is 42.1 Å². The second-order valence-electron chi connectivity index (χ2n) is 6.83. The maximum absolute atomic E-state index is 12.4. The molecule has 1 N–H and O–H groups in total. The van der Waals surface area contributed by atoms with Gasteiger partial charge in [-0.25, -0.2) is 4.79 Å². The smallest absolute Gasteiger partial charge is 0.345 e. The fourth-order valence-corrected chi connectivity index (χ4v) is 2.93. The molecule has 158 valence electrons. The lowest BCUT2D eigenvalue weighted by Gasteiger charge is -2.18. The van der Waals surface area contributed by atoms with Crippen LogP contribution in [0, 0.1) is 10.1 Å². The first kappa shape index (κ1) is 21.1. The number of hydrogen-bond donors (Lipinski definition) is 1. The predicted molar refractivity (Wildman–Crippen MR) is 108 cm³/mol. The Morgan fingerprint density at radius 1 is 1.17 bits per heavy atom. The molecule has 3 rings (SSSR count). The van der Waals surface area contributed by atoms with Crippen molar-refractivity contribution < 1.29 is 28.7 Å². The fraction of sp³-hybridized carbons (Fsp3) is 0.333. The summed E-state index contributed by atoms with van der Waals surface area (Å²) in [5.41, 5.74) is 0.932. The van der Waals surface area contributed by atoms with Gasteiger partial charge < -0.3 is 19.5 Å². The van der Waals surface area contributed by atoms with Gasteiger partial charge >= 0.3 is 5.97 Å². The molecule has 1 aliphatic heterocycles. The number of esters is 1. The van der Waals surface area contributed by atoms with Gasteiger partial charge in [0.2, 0.25) is 0 Å². The van der Waals surface area contributed by atoms with E-state index < -0.39 is 29.1 Å². The number of rotatable bonds is 7. The van der Waals surface area contributed by atoms with Gasteiger partial charge in [0.25, 0.3) is 11.6 Å². The molecule has 30 heavy (non-hydrogen) atoms. The van der Waals surface area contributed by atoms with Crippen molar-refractivity contribution in [3.63, 3.8) is 0 Å². The van der Waals surface area contributed by atoms with Crippen LogP contribution >= 0.6 is 0 Å². The quantitative estimate of drug-likeness (QED) is 0.417. The third-order valence-corrected chi connectivity index (χ3v) is 4.79. The molecule has 9 heteroatoms. The molecule has 0 fully saturated rings. The van der Waals surface area contributed by atoms with Gasteiger partial charge in [-0.15, -0.1) is 0 Å². The van der Waals surface area contributed by atoms with Crippen molar-refractivity contribution in [2.75, 3.05) is 25.1 Å². The van der Waals surface area contributed by atoms with Crippen LogP contribution in [0.3, 0.4) is 0 Å². The number of fused-ring (bicyclic) bond motifs is 1. The molecular formula is C21H22N2O7. The zero-order valence-electron chi connectivity index (χ0n) is 16.7. The highest BCUT2D eigenvalue weighted by Crippen LogP contribution is 2.36. The van der Waals surface area contributed by atoms with Crippen LogP contribution in [0.2, 0.25) is 0 Å². The highest BCUT2D eigenvalue weighted by Gasteiger charge is 2.27. The molecule has 0 aliphatic carbocycles. The molecule has 0 aromatic heterocycles. The third-order valence-electron chi connectivity index (χ3n) is 4.79. The summed E-state index contributed by atoms with van der Waals surface area (Å²) in [6.45, 7) is 4.15. The topological polar surface area (TPSA) is 117 Å². The molecule has 0 bridgehead atoms. The van der Waals surface area contributed by atoms with Crippen molar-refractivity contribution in [1.29, 1.82) is 0 Å². The summed E-state index contributed by atoms with van der Waals surface area (Å²) < 4.78 is 15.6. The number of benzene rings is 2. The molecule has 9 nitrogen and oxygen atoms in total. The minimum absolute atomic E-state index is 0.183. The summed E-state index contributed by atoms with van der Waals surface area (Å²) in [7, 11) is 0. The number of nitro benzene ring substituents is 1. The van der Waals surface area contributed by atoms with Crippen molar-refractivity contribution >= 4 is 23.3 Å². The van der Waals surface area contributed by atoms with E-state index in [4.69, 9.17) is 14.2 Å². The van der Waals surface area contributed by atoms with Crippen LogP contribution in [-0.2, 0) is 9.53 Å². The van der Waals surface area contributed by atoms with Crippen molar-refractivity contribution in [2.45, 2.75) is 26.2 Å². The molecule has 0 spiro atoms. The van der Waals surface area contributed by atoms with E-state index in [2.05, 4.69) is 19.2 Å². The van der Waals surface area contributed by atoms with Crippen molar-refractivity contribution in [2.24, 2.45) is 0 Å². The number of amides is 1.